The number of halogens is 4. The number of aldehydes is 1. The summed E-state index contributed by atoms with van der Waals surface area (Å²) in [6.07, 6.45) is -0.421. The molecule has 0 atom stereocenters. The van der Waals surface area contributed by atoms with E-state index in [9.17, 15) is 27.6 Å². The van der Waals surface area contributed by atoms with E-state index >= 15 is 4.39 Å². The number of benzene rings is 3. The Kier molecular flexibility index (Phi) is 10.3. The first-order valence-electron chi connectivity index (χ1n) is 17.6. The molecule has 0 fully saturated rings. The third kappa shape index (κ3) is 6.93. The Labute approximate surface area is 317 Å². The molecule has 56 heavy (non-hydrogen) atoms. The molecule has 0 N–H and O–H groups in total. The highest BCUT2D eigenvalue weighted by Gasteiger charge is 2.34. The van der Waals surface area contributed by atoms with Gasteiger partial charge in [0, 0.05) is 60.2 Å². The van der Waals surface area contributed by atoms with Crippen molar-refractivity contribution < 1.29 is 46.2 Å². The van der Waals surface area contributed by atoms with Gasteiger partial charge >= 0.3 is 18.2 Å². The van der Waals surface area contributed by atoms with Gasteiger partial charge in [0.15, 0.2) is 11.6 Å². The van der Waals surface area contributed by atoms with Gasteiger partial charge in [-0.3, -0.25) is 4.79 Å². The molecular weight excluding hydrogens is 736 g/mol. The molecule has 3 aromatic heterocycles. The number of aromatic nitrogens is 5. The van der Waals surface area contributed by atoms with Gasteiger partial charge in [-0.05, 0) is 48.2 Å². The smallest absolute Gasteiger partial charge is 0.421 e. The second kappa shape index (κ2) is 15.3. The molecule has 0 unspecified atom stereocenters. The molecule has 0 saturated heterocycles. The third-order valence-corrected chi connectivity index (χ3v) is 9.65. The lowest BCUT2D eigenvalue weighted by Gasteiger charge is -2.27. The van der Waals surface area contributed by atoms with Crippen LogP contribution < -0.4 is 9.64 Å². The molecule has 0 spiro atoms. The highest BCUT2D eigenvalue weighted by atomic mass is 19.4. The van der Waals surface area contributed by atoms with E-state index in [4.69, 9.17) is 19.3 Å². The minimum Gasteiger partial charge on any atom is -0.492 e. The molecule has 12 nitrogen and oxygen atoms in total. The van der Waals surface area contributed by atoms with Gasteiger partial charge in [0.25, 0.3) is 0 Å². The molecule has 4 heterocycles. The average Bonchev–Trinajstić information content (AvgIpc) is 3.82. The summed E-state index contributed by atoms with van der Waals surface area (Å²) in [6, 6.07) is 14.5. The summed E-state index contributed by atoms with van der Waals surface area (Å²) in [4.78, 5) is 46.8. The van der Waals surface area contributed by atoms with E-state index in [2.05, 4.69) is 9.97 Å². The molecule has 7 rings (SSSR count). The number of nitrogens with zero attached hydrogens (tertiary/aromatic N) is 6. The number of hydrogen-bond acceptors (Lipinski definition) is 10. The van der Waals surface area contributed by atoms with Gasteiger partial charge in [-0.15, -0.1) is 0 Å². The van der Waals surface area contributed by atoms with Crippen molar-refractivity contribution in [1.82, 2.24) is 24.3 Å². The molecule has 3 aromatic carbocycles. The van der Waals surface area contributed by atoms with Crippen LogP contribution in [0.1, 0.15) is 62.5 Å². The quantitative estimate of drug-likeness (QED) is 0.0590. The lowest BCUT2D eigenvalue weighted by atomic mass is 9.97. The van der Waals surface area contributed by atoms with Crippen LogP contribution in [0.2, 0.25) is 0 Å². The van der Waals surface area contributed by atoms with Crippen molar-refractivity contribution in [3.05, 3.63) is 118 Å². The van der Waals surface area contributed by atoms with E-state index in [1.165, 1.54) is 43.6 Å². The van der Waals surface area contributed by atoms with E-state index in [-0.39, 0.29) is 29.3 Å². The van der Waals surface area contributed by atoms with Crippen LogP contribution in [0.3, 0.4) is 0 Å². The zero-order valence-corrected chi connectivity index (χ0v) is 30.4. The Bertz CT molecular complexity index is 2440. The number of fused-ring (bicyclic) bond motifs is 2. The zero-order valence-electron chi connectivity index (χ0n) is 30.4. The average molecular weight is 771 g/mol. The number of ether oxygens (including phenoxy) is 3. The zero-order chi connectivity index (χ0) is 39.7. The van der Waals surface area contributed by atoms with Crippen molar-refractivity contribution >= 4 is 35.2 Å². The van der Waals surface area contributed by atoms with Crippen molar-refractivity contribution in [1.29, 1.82) is 0 Å². The fourth-order valence-electron chi connectivity index (χ4n) is 6.89. The first-order chi connectivity index (χ1) is 27.0. The Hall–Kier alpha value is -6.58. The summed E-state index contributed by atoms with van der Waals surface area (Å²) >= 11 is 0. The van der Waals surface area contributed by atoms with Gasteiger partial charge in [0.05, 0.1) is 35.3 Å². The van der Waals surface area contributed by atoms with Crippen LogP contribution in [0.4, 0.5) is 28.3 Å². The molecule has 6 aromatic rings. The second-order valence-electron chi connectivity index (χ2n) is 12.8. The van der Waals surface area contributed by atoms with Crippen molar-refractivity contribution in [2.24, 2.45) is 0 Å². The van der Waals surface area contributed by atoms with E-state index in [0.717, 1.165) is 33.8 Å². The molecular formula is C40H34F4N6O6. The summed E-state index contributed by atoms with van der Waals surface area (Å²) < 4.78 is 75.0. The minimum atomic E-state index is -4.60. The predicted octanol–water partition coefficient (Wildman–Crippen LogP) is 7.75. The second-order valence-corrected chi connectivity index (χ2v) is 12.8. The topological polar surface area (TPSA) is 131 Å². The number of aryl methyl sites for hydroxylation is 2. The monoisotopic (exact) mass is 770 g/mol. The lowest BCUT2D eigenvalue weighted by Crippen LogP contribution is -2.31. The maximum atomic E-state index is 16.3. The van der Waals surface area contributed by atoms with Gasteiger partial charge < -0.3 is 19.1 Å². The third-order valence-electron chi connectivity index (χ3n) is 9.65. The van der Waals surface area contributed by atoms with Crippen LogP contribution in [0, 0.1) is 5.82 Å². The van der Waals surface area contributed by atoms with E-state index in [0.29, 0.717) is 65.6 Å². The highest BCUT2D eigenvalue weighted by Crippen LogP contribution is 2.43. The van der Waals surface area contributed by atoms with E-state index in [1.54, 1.807) is 15.6 Å². The summed E-state index contributed by atoms with van der Waals surface area (Å²) in [5.41, 5.74) is 4.54. The van der Waals surface area contributed by atoms with Gasteiger partial charge in [-0.2, -0.15) is 18.3 Å². The van der Waals surface area contributed by atoms with Gasteiger partial charge in [0.1, 0.15) is 11.8 Å². The van der Waals surface area contributed by atoms with Crippen LogP contribution in [0.25, 0.3) is 27.8 Å². The van der Waals surface area contributed by atoms with Crippen molar-refractivity contribution in [2.75, 3.05) is 25.3 Å². The maximum Gasteiger partial charge on any atom is 0.421 e. The molecule has 0 aliphatic carbocycles. The highest BCUT2D eigenvalue weighted by molar-refractivity contribution is 6.03. The fourth-order valence-corrected chi connectivity index (χ4v) is 6.89. The number of anilines is 1. The number of alkyl halides is 3. The van der Waals surface area contributed by atoms with Crippen molar-refractivity contribution in [2.45, 2.75) is 45.8 Å². The number of carbonyl (C=O) groups is 3. The van der Waals surface area contributed by atoms with Gasteiger partial charge in [-0.1, -0.05) is 44.2 Å². The molecule has 1 aliphatic rings. The minimum absolute atomic E-state index is 0.0306. The number of esters is 1. The summed E-state index contributed by atoms with van der Waals surface area (Å²) in [6.45, 7) is 3.75. The summed E-state index contributed by atoms with van der Waals surface area (Å²) in [7, 11) is 1.26. The summed E-state index contributed by atoms with van der Waals surface area (Å²) in [5.74, 6) is -1.76. The molecule has 0 amide bonds. The Morgan fingerprint density at radius 2 is 1.66 bits per heavy atom. The Balaban J connectivity index is 1.32. The molecule has 0 saturated carbocycles. The Morgan fingerprint density at radius 1 is 0.964 bits per heavy atom. The number of para-hydroxylation sites is 1. The fraction of sp³-hybridized carbons (Fsp3) is 0.250. The van der Waals surface area contributed by atoms with Crippen molar-refractivity contribution in [3.8, 4) is 22.7 Å². The molecule has 16 heteroatoms. The standard InChI is InChI=1S/C40H34F4N6O6/c1-4-24-7-6-8-25(5-2)33(24)50-34(30-20-48(15-14-32(30)47-50)38-45-18-27(19-46-38)40(42,43)44)29-17-31(41)36(54-3)35-28(29)13-16-49(35)39(53)56-22-55-37(52)26-11-9-23(21-51)10-12-26/h6-13,16-19,21H,4-5,14-15,20,22H2,1-3H3. The number of methoxy groups -OCH3 is 1. The van der Waals surface area contributed by atoms with Crippen LogP contribution >= 0.6 is 0 Å². The van der Waals surface area contributed by atoms with Crippen molar-refractivity contribution in [3.63, 3.8) is 0 Å². The Morgan fingerprint density at radius 3 is 2.29 bits per heavy atom. The molecule has 0 radical (unpaired) electrons. The van der Waals surface area contributed by atoms with Crippen LogP contribution in [0.15, 0.2) is 73.2 Å². The first kappa shape index (κ1) is 37.7. The summed E-state index contributed by atoms with van der Waals surface area (Å²) in [5, 5.41) is 5.48. The molecule has 1 aliphatic heterocycles. The van der Waals surface area contributed by atoms with Gasteiger partial charge in [-0.25, -0.2) is 33.2 Å². The first-order valence-corrected chi connectivity index (χ1v) is 17.6. The maximum absolute atomic E-state index is 16.3. The number of carbonyl (C=O) groups excluding carboxylic acids is 3. The predicted molar refractivity (Wildman–Crippen MR) is 196 cm³/mol. The van der Waals surface area contributed by atoms with E-state index < -0.39 is 36.4 Å². The normalized spacial score (nSPS) is 12.7. The van der Waals surface area contributed by atoms with Crippen LogP contribution in [0.5, 0.6) is 5.75 Å². The lowest BCUT2D eigenvalue weighted by molar-refractivity contribution is -0.138. The van der Waals surface area contributed by atoms with E-state index in [1.807, 2.05) is 32.0 Å². The van der Waals surface area contributed by atoms with Crippen LogP contribution in [-0.4, -0.2) is 63.1 Å². The van der Waals surface area contributed by atoms with Gasteiger partial charge in [0.2, 0.25) is 12.7 Å². The molecule has 288 valence electrons. The largest absolute Gasteiger partial charge is 0.492 e. The molecule has 0 bridgehead atoms. The SMILES string of the molecule is CCc1cccc(CC)c1-n1nc2c(c1-c1cc(F)c(OC)c3c1ccn3C(=O)OCOC(=O)c1ccc(C=O)cc1)CN(c1ncc(C(F)(F)F)cn1)CC2. The number of hydrogen-bond donors (Lipinski definition) is 0. The van der Waals surface area contributed by atoms with Crippen LogP contribution in [-0.2, 0) is 41.5 Å². The number of rotatable bonds is 10.